The number of nitrogens with zero attached hydrogens (tertiary/aromatic N) is 7. The third-order valence-corrected chi connectivity index (χ3v) is 6.88. The predicted molar refractivity (Wildman–Crippen MR) is 147 cm³/mol. The second-order valence-corrected chi connectivity index (χ2v) is 9.70. The average Bonchev–Trinajstić information content (AvgIpc) is 2.96. The Balaban J connectivity index is 1.41. The third kappa shape index (κ3) is 6.16. The molecule has 0 radical (unpaired) electrons. The van der Waals surface area contributed by atoms with Gasteiger partial charge in [-0.3, -0.25) is 10.1 Å². The highest BCUT2D eigenvalue weighted by Gasteiger charge is 2.21. The molecule has 38 heavy (non-hydrogen) atoms. The zero-order valence-corrected chi connectivity index (χ0v) is 21.3. The van der Waals surface area contributed by atoms with E-state index in [0.717, 1.165) is 57.4 Å². The van der Waals surface area contributed by atoms with Crippen LogP contribution >= 0.6 is 0 Å². The highest BCUT2D eigenvalue weighted by molar-refractivity contribution is 5.86. The number of nitrogens with one attached hydrogen (secondary N) is 1. The van der Waals surface area contributed by atoms with Gasteiger partial charge in [0, 0.05) is 37.8 Å². The summed E-state index contributed by atoms with van der Waals surface area (Å²) in [5.74, 6) is 1.12. The van der Waals surface area contributed by atoms with Crippen molar-refractivity contribution in [3.8, 4) is 5.75 Å². The van der Waals surface area contributed by atoms with Crippen molar-refractivity contribution in [2.24, 2.45) is 5.10 Å². The molecule has 0 atom stereocenters. The first-order valence-electron chi connectivity index (χ1n) is 13.2. The van der Waals surface area contributed by atoms with Crippen molar-refractivity contribution in [2.75, 3.05) is 41.4 Å². The van der Waals surface area contributed by atoms with E-state index in [9.17, 15) is 15.2 Å². The van der Waals surface area contributed by atoms with E-state index in [0.29, 0.717) is 29.8 Å². The smallest absolute Gasteiger partial charge is 0.311 e. The van der Waals surface area contributed by atoms with E-state index in [4.69, 9.17) is 4.98 Å². The summed E-state index contributed by atoms with van der Waals surface area (Å²) in [7, 11) is 0. The molecule has 2 N–H and O–H groups in total. The Morgan fingerprint density at radius 2 is 1.50 bits per heavy atom. The van der Waals surface area contributed by atoms with Gasteiger partial charge in [-0.2, -0.15) is 20.1 Å². The van der Waals surface area contributed by atoms with Gasteiger partial charge in [0.05, 0.1) is 11.1 Å². The van der Waals surface area contributed by atoms with Gasteiger partial charge in [0.1, 0.15) is 0 Å². The molecule has 0 spiro atoms. The lowest BCUT2D eigenvalue weighted by atomic mass is 10.0. The Morgan fingerprint density at radius 1 is 0.895 bits per heavy atom. The first kappa shape index (κ1) is 25.4. The van der Waals surface area contributed by atoms with Gasteiger partial charge in [-0.1, -0.05) is 30.3 Å². The summed E-state index contributed by atoms with van der Waals surface area (Å²) in [5.41, 5.74) is 4.45. The van der Waals surface area contributed by atoms with Gasteiger partial charge in [-0.15, -0.1) is 0 Å². The van der Waals surface area contributed by atoms with Crippen molar-refractivity contribution in [1.82, 2.24) is 15.0 Å². The maximum atomic E-state index is 11.6. The normalized spacial score (nSPS) is 16.1. The van der Waals surface area contributed by atoms with Crippen LogP contribution in [0.3, 0.4) is 0 Å². The topological polar surface area (TPSA) is 133 Å². The Morgan fingerprint density at radius 3 is 2.08 bits per heavy atom. The number of aromatic hydroxyl groups is 1. The van der Waals surface area contributed by atoms with E-state index in [-0.39, 0.29) is 11.3 Å². The Bertz CT molecular complexity index is 1250. The van der Waals surface area contributed by atoms with Crippen molar-refractivity contribution in [2.45, 2.75) is 44.9 Å². The van der Waals surface area contributed by atoms with Crippen LogP contribution in [0.15, 0.2) is 47.6 Å². The summed E-state index contributed by atoms with van der Waals surface area (Å²) in [5, 5.41) is 26.4. The summed E-state index contributed by atoms with van der Waals surface area (Å²) in [6.45, 7) is 3.60. The number of hydrogen-bond donors (Lipinski definition) is 2. The van der Waals surface area contributed by atoms with Gasteiger partial charge in [-0.05, 0) is 62.1 Å². The largest absolute Gasteiger partial charge is 0.502 e. The summed E-state index contributed by atoms with van der Waals surface area (Å²) < 4.78 is 0. The van der Waals surface area contributed by atoms with Crippen LogP contribution in [0.25, 0.3) is 0 Å². The number of phenolic OH excluding ortho intramolecular Hbond substituents is 1. The monoisotopic (exact) mass is 516 g/mol. The minimum atomic E-state index is -0.587. The van der Waals surface area contributed by atoms with Crippen LogP contribution in [0.1, 0.15) is 55.2 Å². The maximum Gasteiger partial charge on any atom is 0.311 e. The van der Waals surface area contributed by atoms with Crippen LogP contribution in [-0.4, -0.2) is 57.4 Å². The number of aromatic nitrogens is 3. The molecular weight excluding hydrogens is 484 g/mol. The molecule has 2 aliphatic heterocycles. The van der Waals surface area contributed by atoms with Crippen molar-refractivity contribution < 1.29 is 10.0 Å². The van der Waals surface area contributed by atoms with E-state index in [1.165, 1.54) is 25.1 Å². The fourth-order valence-electron chi connectivity index (χ4n) is 4.91. The molecule has 3 heterocycles. The minimum absolute atomic E-state index is 0.235. The molecule has 2 aliphatic rings. The lowest BCUT2D eigenvalue weighted by molar-refractivity contribution is -0.385. The van der Waals surface area contributed by atoms with Crippen LogP contribution in [0.5, 0.6) is 5.75 Å². The molecule has 2 aromatic carbocycles. The molecule has 5 rings (SSSR count). The molecule has 3 aromatic rings. The van der Waals surface area contributed by atoms with Crippen molar-refractivity contribution in [1.29, 1.82) is 0 Å². The lowest BCUT2D eigenvalue weighted by Crippen LogP contribution is -2.34. The van der Waals surface area contributed by atoms with Crippen LogP contribution < -0.4 is 15.2 Å². The second-order valence-electron chi connectivity index (χ2n) is 9.70. The van der Waals surface area contributed by atoms with Crippen LogP contribution in [0.2, 0.25) is 0 Å². The van der Waals surface area contributed by atoms with Gasteiger partial charge >= 0.3 is 5.69 Å². The second kappa shape index (κ2) is 11.8. The Hall–Kier alpha value is -4.28. The van der Waals surface area contributed by atoms with Crippen LogP contribution in [0.4, 0.5) is 23.5 Å². The van der Waals surface area contributed by atoms with E-state index in [1.807, 2.05) is 30.3 Å². The zero-order valence-electron chi connectivity index (χ0n) is 21.3. The fraction of sp³-hybridized carbons (Fsp3) is 0.407. The van der Waals surface area contributed by atoms with E-state index in [1.54, 1.807) is 6.07 Å². The number of nitro benzene ring substituents is 1. The number of nitro groups is 1. The quantitative estimate of drug-likeness (QED) is 0.252. The lowest BCUT2D eigenvalue weighted by Gasteiger charge is -2.30. The van der Waals surface area contributed by atoms with Gasteiger partial charge in [0.2, 0.25) is 23.6 Å². The molecular formula is C27H32N8O3. The summed E-state index contributed by atoms with van der Waals surface area (Å²) in [6.07, 6.45) is 8.66. The molecule has 0 amide bonds. The number of anilines is 3. The van der Waals surface area contributed by atoms with Gasteiger partial charge < -0.3 is 14.9 Å². The number of hydrazone groups is 1. The van der Waals surface area contributed by atoms with E-state index < -0.39 is 10.7 Å². The van der Waals surface area contributed by atoms with Crippen molar-refractivity contribution in [3.05, 3.63) is 69.3 Å². The maximum absolute atomic E-state index is 11.6. The molecule has 11 heteroatoms. The third-order valence-electron chi connectivity index (χ3n) is 6.88. The van der Waals surface area contributed by atoms with Crippen LogP contribution in [-0.2, 0) is 6.42 Å². The number of piperidine rings is 2. The molecule has 2 fully saturated rings. The predicted octanol–water partition coefficient (Wildman–Crippen LogP) is 4.50. The van der Waals surface area contributed by atoms with Crippen molar-refractivity contribution >= 4 is 29.7 Å². The summed E-state index contributed by atoms with van der Waals surface area (Å²) in [6, 6.07) is 12.8. The molecule has 0 unspecified atom stereocenters. The highest BCUT2D eigenvalue weighted by atomic mass is 16.6. The molecule has 0 bridgehead atoms. The molecule has 198 valence electrons. The van der Waals surface area contributed by atoms with Gasteiger partial charge in [0.15, 0.2) is 0 Å². The minimum Gasteiger partial charge on any atom is -0.502 e. The van der Waals surface area contributed by atoms with Crippen LogP contribution in [0, 0.1) is 10.1 Å². The van der Waals surface area contributed by atoms with Gasteiger partial charge in [0.25, 0.3) is 0 Å². The zero-order chi connectivity index (χ0) is 26.3. The first-order chi connectivity index (χ1) is 18.6. The average molecular weight is 517 g/mol. The molecule has 11 nitrogen and oxygen atoms in total. The molecule has 1 aromatic heterocycles. The highest BCUT2D eigenvalue weighted by Crippen LogP contribution is 2.31. The Kier molecular flexibility index (Phi) is 7.91. The first-order valence-corrected chi connectivity index (χ1v) is 13.2. The fourth-order valence-corrected chi connectivity index (χ4v) is 4.91. The summed E-state index contributed by atoms with van der Waals surface area (Å²) >= 11 is 0. The number of phenols is 1. The number of benzene rings is 2. The molecule has 0 aliphatic carbocycles. The summed E-state index contributed by atoms with van der Waals surface area (Å²) in [4.78, 5) is 29.3. The van der Waals surface area contributed by atoms with Gasteiger partial charge in [-0.25, -0.2) is 5.43 Å². The van der Waals surface area contributed by atoms with E-state index in [2.05, 4.69) is 30.3 Å². The molecule has 2 saturated heterocycles. The molecule has 0 saturated carbocycles. The number of rotatable bonds is 8. The standard InChI is InChI=1S/C27H32N8O3/c36-24-22(17-21(18-23(24)35(37)38)16-20-10-4-1-5-11-20)19-28-32-25-29-26(33-12-6-2-7-13-33)31-27(30-25)34-14-8-3-9-15-34/h1,4-5,10-11,17-19,36H,2-3,6-9,12-16H2,(H,29,30,31,32)/b28-19-. The Labute approximate surface area is 221 Å². The van der Waals surface area contributed by atoms with Crippen molar-refractivity contribution in [3.63, 3.8) is 0 Å². The SMILES string of the molecule is O=[N+]([O-])c1cc(Cc2ccccc2)cc(/C=N\Nc2nc(N3CCCCC3)nc(N3CCCCC3)n2)c1O. The van der Waals surface area contributed by atoms with E-state index >= 15 is 0 Å². The number of hydrogen-bond acceptors (Lipinski definition) is 10.